The number of aromatic nitrogens is 1. The van der Waals surface area contributed by atoms with Gasteiger partial charge in [-0.25, -0.2) is 9.78 Å². The summed E-state index contributed by atoms with van der Waals surface area (Å²) >= 11 is 13.0. The van der Waals surface area contributed by atoms with Gasteiger partial charge < -0.3 is 10.4 Å². The summed E-state index contributed by atoms with van der Waals surface area (Å²) in [6.45, 7) is 0. The second kappa shape index (κ2) is 4.91. The summed E-state index contributed by atoms with van der Waals surface area (Å²) in [5, 5.41) is 13.0. The number of carbonyl (C=O) groups is 1. The van der Waals surface area contributed by atoms with E-state index in [-0.39, 0.29) is 5.69 Å². The van der Waals surface area contributed by atoms with Gasteiger partial charge in [-0.3, -0.25) is 0 Å². The third kappa shape index (κ3) is 2.52. The van der Waals surface area contributed by atoms with Crippen molar-refractivity contribution >= 4 is 51.2 Å². The Morgan fingerprint density at radius 3 is 2.88 bits per heavy atom. The number of carboxylic acid groups (broad SMARTS) is 1. The maximum absolute atomic E-state index is 10.9. The van der Waals surface area contributed by atoms with Crippen molar-refractivity contribution in [3.8, 4) is 0 Å². The van der Waals surface area contributed by atoms with Crippen LogP contribution in [0.5, 0.6) is 0 Å². The lowest BCUT2D eigenvalue weighted by atomic mass is 10.3. The van der Waals surface area contributed by atoms with Crippen LogP contribution >= 0.6 is 34.5 Å². The van der Waals surface area contributed by atoms with Crippen LogP contribution in [0.2, 0.25) is 10.0 Å². The van der Waals surface area contributed by atoms with Crippen LogP contribution < -0.4 is 5.32 Å². The van der Waals surface area contributed by atoms with Crippen molar-refractivity contribution in [1.29, 1.82) is 0 Å². The highest BCUT2D eigenvalue weighted by molar-refractivity contribution is 7.14. The Morgan fingerprint density at radius 1 is 1.41 bits per heavy atom. The predicted molar refractivity (Wildman–Crippen MR) is 68.8 cm³/mol. The van der Waals surface area contributed by atoms with Crippen LogP contribution in [0.4, 0.5) is 10.7 Å². The molecule has 88 valence electrons. The molecule has 0 spiro atoms. The number of thiazole rings is 1. The van der Waals surface area contributed by atoms with Gasteiger partial charge in [0.25, 0.3) is 0 Å². The highest BCUT2D eigenvalue weighted by Crippen LogP contribution is 2.33. The highest BCUT2D eigenvalue weighted by atomic mass is 35.5. The molecule has 0 saturated carbocycles. The number of hydrogen-bond donors (Lipinski definition) is 2. The maximum Gasteiger partial charge on any atom is 0.357 e. The number of carboxylic acids is 1. The lowest BCUT2D eigenvalue weighted by Gasteiger charge is -2.07. The third-order valence-corrected chi connectivity index (χ3v) is 3.53. The number of rotatable bonds is 3. The summed E-state index contributed by atoms with van der Waals surface area (Å²) < 4.78 is 0. The van der Waals surface area contributed by atoms with E-state index in [1.165, 1.54) is 16.8 Å². The Labute approximate surface area is 111 Å². The topological polar surface area (TPSA) is 62.2 Å². The minimum Gasteiger partial charge on any atom is -0.476 e. The van der Waals surface area contributed by atoms with Crippen molar-refractivity contribution in [3.05, 3.63) is 39.4 Å². The molecule has 0 aliphatic heterocycles. The third-order valence-electron chi connectivity index (χ3n) is 1.97. The smallest absolute Gasteiger partial charge is 0.357 e. The van der Waals surface area contributed by atoms with Crippen LogP contribution in [0.1, 0.15) is 10.5 Å². The molecule has 0 fully saturated rings. The Kier molecular flexibility index (Phi) is 3.51. The number of nitrogens with one attached hydrogen (secondary N) is 1. The fraction of sp³-hybridized carbons (Fsp3) is 0. The average molecular weight is 289 g/mol. The summed E-state index contributed by atoms with van der Waals surface area (Å²) in [6, 6.07) is 5.08. The maximum atomic E-state index is 10.9. The summed E-state index contributed by atoms with van der Waals surface area (Å²) in [7, 11) is 0. The lowest BCUT2D eigenvalue weighted by Crippen LogP contribution is -2.01. The van der Waals surface area contributed by atoms with Crippen LogP contribution in [0.3, 0.4) is 0 Å². The second-order valence-corrected chi connectivity index (χ2v) is 4.70. The van der Waals surface area contributed by atoms with Crippen LogP contribution in [0, 0.1) is 0 Å². The van der Waals surface area contributed by atoms with E-state index in [4.69, 9.17) is 28.3 Å². The van der Waals surface area contributed by atoms with Crippen molar-refractivity contribution in [2.75, 3.05) is 5.32 Å². The lowest BCUT2D eigenvalue weighted by molar-refractivity contribution is 0.0692. The summed E-state index contributed by atoms with van der Waals surface area (Å²) in [5.74, 6) is -1.09. The molecule has 4 nitrogen and oxygen atoms in total. The van der Waals surface area contributed by atoms with E-state index in [0.29, 0.717) is 20.7 Å². The number of aromatic carboxylic acids is 1. The Balaban J connectivity index is 2.35. The van der Waals surface area contributed by atoms with Crippen LogP contribution in [-0.2, 0) is 0 Å². The number of nitrogens with zero attached hydrogens (tertiary/aromatic N) is 1. The first kappa shape index (κ1) is 12.2. The van der Waals surface area contributed by atoms with Gasteiger partial charge in [-0.2, -0.15) is 0 Å². The molecule has 7 heteroatoms. The van der Waals surface area contributed by atoms with Crippen LogP contribution in [0.25, 0.3) is 0 Å². The van der Waals surface area contributed by atoms with E-state index in [1.54, 1.807) is 18.2 Å². The summed E-state index contributed by atoms with van der Waals surface area (Å²) in [5.41, 5.74) is 1.96. The summed E-state index contributed by atoms with van der Waals surface area (Å²) in [6.07, 6.45) is 0. The first-order valence-electron chi connectivity index (χ1n) is 4.47. The van der Waals surface area contributed by atoms with Gasteiger partial charge in [-0.1, -0.05) is 29.3 Å². The molecule has 0 aliphatic carbocycles. The van der Waals surface area contributed by atoms with Gasteiger partial charge in [0.15, 0.2) is 5.69 Å². The Morgan fingerprint density at radius 2 is 2.18 bits per heavy atom. The van der Waals surface area contributed by atoms with Gasteiger partial charge in [0, 0.05) is 0 Å². The van der Waals surface area contributed by atoms with Gasteiger partial charge in [0.2, 0.25) is 0 Å². The van der Waals surface area contributed by atoms with Gasteiger partial charge in [0.05, 0.1) is 21.2 Å². The molecule has 0 amide bonds. The van der Waals surface area contributed by atoms with E-state index in [0.717, 1.165) is 0 Å². The molecule has 2 N–H and O–H groups in total. The fourth-order valence-corrected chi connectivity index (χ4v) is 2.24. The van der Waals surface area contributed by atoms with E-state index in [2.05, 4.69) is 10.3 Å². The largest absolute Gasteiger partial charge is 0.476 e. The molecule has 0 unspecified atom stereocenters. The molecule has 17 heavy (non-hydrogen) atoms. The van der Waals surface area contributed by atoms with Crippen molar-refractivity contribution in [3.63, 3.8) is 0 Å². The van der Waals surface area contributed by atoms with Crippen molar-refractivity contribution in [2.24, 2.45) is 0 Å². The van der Waals surface area contributed by atoms with E-state index < -0.39 is 5.97 Å². The molecular weight excluding hydrogens is 283 g/mol. The number of halogens is 2. The first-order valence-corrected chi connectivity index (χ1v) is 6.11. The number of hydrogen-bond acceptors (Lipinski definition) is 4. The molecule has 1 aromatic carbocycles. The van der Waals surface area contributed by atoms with E-state index in [1.807, 2.05) is 0 Å². The van der Waals surface area contributed by atoms with Crippen molar-refractivity contribution < 1.29 is 9.90 Å². The Bertz CT molecular complexity index is 571. The zero-order chi connectivity index (χ0) is 12.4. The predicted octanol–water partition coefficient (Wildman–Crippen LogP) is 3.89. The zero-order valence-electron chi connectivity index (χ0n) is 8.28. The molecule has 2 rings (SSSR count). The van der Waals surface area contributed by atoms with Crippen LogP contribution in [-0.4, -0.2) is 16.1 Å². The first-order chi connectivity index (χ1) is 8.09. The molecule has 0 saturated heterocycles. The fourth-order valence-electron chi connectivity index (χ4n) is 1.21. The van der Waals surface area contributed by atoms with E-state index in [9.17, 15) is 4.79 Å². The molecule has 0 bridgehead atoms. The molecular formula is C10H6Cl2N2O2S. The monoisotopic (exact) mass is 288 g/mol. The molecule has 0 aliphatic rings. The quantitative estimate of drug-likeness (QED) is 0.899. The van der Waals surface area contributed by atoms with Gasteiger partial charge in [0.1, 0.15) is 5.00 Å². The molecule has 0 atom stereocenters. The van der Waals surface area contributed by atoms with E-state index >= 15 is 0 Å². The minimum atomic E-state index is -1.09. The number of benzene rings is 1. The highest BCUT2D eigenvalue weighted by Gasteiger charge is 2.15. The van der Waals surface area contributed by atoms with Gasteiger partial charge in [-0.05, 0) is 12.1 Å². The van der Waals surface area contributed by atoms with Crippen molar-refractivity contribution in [2.45, 2.75) is 0 Å². The van der Waals surface area contributed by atoms with Gasteiger partial charge in [-0.15, -0.1) is 11.3 Å². The molecule has 1 aromatic heterocycles. The zero-order valence-corrected chi connectivity index (χ0v) is 10.6. The Hall–Kier alpha value is -1.30. The minimum absolute atomic E-state index is 0.0361. The second-order valence-electron chi connectivity index (χ2n) is 3.06. The molecule has 2 aromatic rings. The molecule has 1 heterocycles. The van der Waals surface area contributed by atoms with Crippen LogP contribution in [0.15, 0.2) is 23.7 Å². The molecule has 0 radical (unpaired) electrons. The van der Waals surface area contributed by atoms with Crippen molar-refractivity contribution in [1.82, 2.24) is 4.98 Å². The average Bonchev–Trinajstić information content (AvgIpc) is 2.73. The van der Waals surface area contributed by atoms with Gasteiger partial charge >= 0.3 is 5.97 Å². The SMILES string of the molecule is O=C(O)c1ncsc1Nc1cccc(Cl)c1Cl. The normalized spacial score (nSPS) is 10.2. The number of anilines is 2. The standard InChI is InChI=1S/C10H6Cl2N2O2S/c11-5-2-1-3-6(7(5)12)14-9-8(10(15)16)13-4-17-9/h1-4,14H,(H,15,16). The summed E-state index contributed by atoms with van der Waals surface area (Å²) in [4.78, 5) is 14.6.